The summed E-state index contributed by atoms with van der Waals surface area (Å²) < 4.78 is 1.50. The number of aliphatic hydroxyl groups is 1. The molecule has 0 saturated heterocycles. The summed E-state index contributed by atoms with van der Waals surface area (Å²) in [6.07, 6.45) is 1.28. The first-order valence-electron chi connectivity index (χ1n) is 6.89. The summed E-state index contributed by atoms with van der Waals surface area (Å²) in [4.78, 5) is 12.3. The number of aryl methyl sites for hydroxylation is 2. The standard InChI is InChI=1S/C15H20N4O2/c1-3-12-13(16)14(19(2)18-12)15(21)17-11-6-4-10(5-7-11)8-9-20/h4-7,20H,3,8-9,16H2,1-2H3,(H,17,21). The van der Waals surface area contributed by atoms with Crippen molar-refractivity contribution in [1.82, 2.24) is 9.78 Å². The minimum Gasteiger partial charge on any atom is -0.396 e. The molecule has 0 spiro atoms. The lowest BCUT2D eigenvalue weighted by Crippen LogP contribution is -2.17. The van der Waals surface area contributed by atoms with Crippen LogP contribution < -0.4 is 11.1 Å². The Morgan fingerprint density at radius 2 is 2.05 bits per heavy atom. The van der Waals surface area contributed by atoms with E-state index in [0.29, 0.717) is 29.9 Å². The predicted molar refractivity (Wildman–Crippen MR) is 82.2 cm³/mol. The number of nitrogens with one attached hydrogen (secondary N) is 1. The van der Waals surface area contributed by atoms with Gasteiger partial charge in [-0.2, -0.15) is 5.10 Å². The number of aliphatic hydroxyl groups excluding tert-OH is 1. The maximum atomic E-state index is 12.3. The topological polar surface area (TPSA) is 93.2 Å². The van der Waals surface area contributed by atoms with Crippen LogP contribution in [0.3, 0.4) is 0 Å². The third-order valence-corrected chi connectivity index (χ3v) is 3.32. The van der Waals surface area contributed by atoms with Crippen molar-refractivity contribution in [1.29, 1.82) is 0 Å². The first-order valence-corrected chi connectivity index (χ1v) is 6.89. The molecule has 6 nitrogen and oxygen atoms in total. The van der Waals surface area contributed by atoms with Gasteiger partial charge in [0, 0.05) is 19.3 Å². The van der Waals surface area contributed by atoms with E-state index in [-0.39, 0.29) is 12.5 Å². The van der Waals surface area contributed by atoms with Crippen molar-refractivity contribution in [3.8, 4) is 0 Å². The maximum absolute atomic E-state index is 12.3. The number of nitrogen functional groups attached to an aromatic ring is 1. The average Bonchev–Trinajstić information content (AvgIpc) is 2.75. The molecule has 0 aliphatic carbocycles. The van der Waals surface area contributed by atoms with E-state index >= 15 is 0 Å². The number of benzene rings is 1. The van der Waals surface area contributed by atoms with Crippen LogP contribution in [0.1, 0.15) is 28.7 Å². The maximum Gasteiger partial charge on any atom is 0.276 e. The van der Waals surface area contributed by atoms with Gasteiger partial charge in [0.1, 0.15) is 5.69 Å². The zero-order valence-corrected chi connectivity index (χ0v) is 12.3. The van der Waals surface area contributed by atoms with Crippen molar-refractivity contribution in [3.05, 3.63) is 41.2 Å². The minimum atomic E-state index is -0.280. The van der Waals surface area contributed by atoms with Gasteiger partial charge in [-0.3, -0.25) is 9.48 Å². The molecule has 1 aromatic carbocycles. The second kappa shape index (κ2) is 6.41. The number of hydrogen-bond donors (Lipinski definition) is 3. The number of aromatic nitrogens is 2. The molecule has 1 heterocycles. The molecule has 0 atom stereocenters. The van der Waals surface area contributed by atoms with Crippen LogP contribution in [-0.2, 0) is 19.9 Å². The molecule has 1 aromatic heterocycles. The van der Waals surface area contributed by atoms with Crippen LogP contribution in [0.5, 0.6) is 0 Å². The normalized spacial score (nSPS) is 10.6. The Morgan fingerprint density at radius 3 is 2.57 bits per heavy atom. The van der Waals surface area contributed by atoms with Crippen molar-refractivity contribution in [3.63, 3.8) is 0 Å². The van der Waals surface area contributed by atoms with Crippen LogP contribution in [0.2, 0.25) is 0 Å². The van der Waals surface area contributed by atoms with E-state index in [4.69, 9.17) is 10.8 Å². The number of carbonyl (C=O) groups excluding carboxylic acids is 1. The van der Waals surface area contributed by atoms with Gasteiger partial charge in [-0.15, -0.1) is 0 Å². The number of carbonyl (C=O) groups is 1. The molecular formula is C15H20N4O2. The largest absolute Gasteiger partial charge is 0.396 e. The van der Waals surface area contributed by atoms with Crippen LogP contribution in [-0.4, -0.2) is 27.4 Å². The van der Waals surface area contributed by atoms with Crippen molar-refractivity contribution in [2.45, 2.75) is 19.8 Å². The molecule has 4 N–H and O–H groups in total. The van der Waals surface area contributed by atoms with Crippen LogP contribution in [0.4, 0.5) is 11.4 Å². The molecule has 0 radical (unpaired) electrons. The fraction of sp³-hybridized carbons (Fsp3) is 0.333. The van der Waals surface area contributed by atoms with E-state index in [2.05, 4.69) is 10.4 Å². The van der Waals surface area contributed by atoms with E-state index < -0.39 is 0 Å². The second-order valence-corrected chi connectivity index (χ2v) is 4.81. The molecule has 0 unspecified atom stereocenters. The smallest absolute Gasteiger partial charge is 0.276 e. The van der Waals surface area contributed by atoms with Gasteiger partial charge in [0.15, 0.2) is 0 Å². The average molecular weight is 288 g/mol. The summed E-state index contributed by atoms with van der Waals surface area (Å²) in [5.41, 5.74) is 9.17. The molecule has 0 fully saturated rings. The van der Waals surface area contributed by atoms with Crippen molar-refractivity contribution in [2.24, 2.45) is 7.05 Å². The van der Waals surface area contributed by atoms with Crippen molar-refractivity contribution < 1.29 is 9.90 Å². The Labute approximate surface area is 123 Å². The highest BCUT2D eigenvalue weighted by atomic mass is 16.3. The van der Waals surface area contributed by atoms with Gasteiger partial charge in [0.05, 0.1) is 11.4 Å². The van der Waals surface area contributed by atoms with E-state index in [1.165, 1.54) is 4.68 Å². The number of nitrogens with zero attached hydrogens (tertiary/aromatic N) is 2. The third-order valence-electron chi connectivity index (χ3n) is 3.32. The monoisotopic (exact) mass is 288 g/mol. The van der Waals surface area contributed by atoms with Crippen molar-refractivity contribution >= 4 is 17.3 Å². The molecule has 0 saturated carbocycles. The highest BCUT2D eigenvalue weighted by molar-refractivity contribution is 6.06. The molecule has 21 heavy (non-hydrogen) atoms. The lowest BCUT2D eigenvalue weighted by molar-refractivity contribution is 0.101. The summed E-state index contributed by atoms with van der Waals surface area (Å²) in [7, 11) is 1.70. The Balaban J connectivity index is 2.16. The molecule has 112 valence electrons. The SMILES string of the molecule is CCc1nn(C)c(C(=O)Nc2ccc(CCO)cc2)c1N. The summed E-state index contributed by atoms with van der Waals surface area (Å²) in [5, 5.41) is 15.9. The van der Waals surface area contributed by atoms with Gasteiger partial charge >= 0.3 is 0 Å². The minimum absolute atomic E-state index is 0.108. The Morgan fingerprint density at radius 1 is 1.38 bits per heavy atom. The van der Waals surface area contributed by atoms with Gasteiger partial charge in [-0.25, -0.2) is 0 Å². The molecule has 6 heteroatoms. The fourth-order valence-corrected chi connectivity index (χ4v) is 2.20. The van der Waals surface area contributed by atoms with E-state index in [1.54, 1.807) is 19.2 Å². The summed E-state index contributed by atoms with van der Waals surface area (Å²) in [6, 6.07) is 7.35. The quantitative estimate of drug-likeness (QED) is 0.774. The van der Waals surface area contributed by atoms with E-state index in [1.807, 2.05) is 19.1 Å². The zero-order valence-electron chi connectivity index (χ0n) is 12.3. The molecule has 0 bridgehead atoms. The number of hydrogen-bond acceptors (Lipinski definition) is 4. The third kappa shape index (κ3) is 3.22. The molecular weight excluding hydrogens is 268 g/mol. The van der Waals surface area contributed by atoms with Crippen LogP contribution in [0.15, 0.2) is 24.3 Å². The summed E-state index contributed by atoms with van der Waals surface area (Å²) in [5.74, 6) is -0.280. The van der Waals surface area contributed by atoms with Gasteiger partial charge < -0.3 is 16.2 Å². The molecule has 2 aromatic rings. The van der Waals surface area contributed by atoms with Crippen LogP contribution >= 0.6 is 0 Å². The second-order valence-electron chi connectivity index (χ2n) is 4.81. The predicted octanol–water partition coefficient (Wildman–Crippen LogP) is 1.35. The summed E-state index contributed by atoms with van der Waals surface area (Å²) in [6.45, 7) is 2.05. The van der Waals surface area contributed by atoms with Gasteiger partial charge in [-0.05, 0) is 30.5 Å². The lowest BCUT2D eigenvalue weighted by atomic mass is 10.1. The summed E-state index contributed by atoms with van der Waals surface area (Å²) >= 11 is 0. The number of amides is 1. The highest BCUT2D eigenvalue weighted by Gasteiger charge is 2.19. The highest BCUT2D eigenvalue weighted by Crippen LogP contribution is 2.19. The lowest BCUT2D eigenvalue weighted by Gasteiger charge is -2.07. The zero-order chi connectivity index (χ0) is 15.4. The van der Waals surface area contributed by atoms with E-state index in [0.717, 1.165) is 11.3 Å². The fourth-order valence-electron chi connectivity index (χ4n) is 2.20. The van der Waals surface area contributed by atoms with Gasteiger partial charge in [0.25, 0.3) is 5.91 Å². The van der Waals surface area contributed by atoms with Gasteiger partial charge in [-0.1, -0.05) is 19.1 Å². The molecule has 0 aliphatic heterocycles. The number of rotatable bonds is 5. The van der Waals surface area contributed by atoms with Crippen LogP contribution in [0, 0.1) is 0 Å². The van der Waals surface area contributed by atoms with Crippen molar-refractivity contribution in [2.75, 3.05) is 17.7 Å². The van der Waals surface area contributed by atoms with Gasteiger partial charge in [0.2, 0.25) is 0 Å². The Bertz CT molecular complexity index is 632. The Hall–Kier alpha value is -2.34. The van der Waals surface area contributed by atoms with E-state index in [9.17, 15) is 4.79 Å². The number of anilines is 2. The first-order chi connectivity index (χ1) is 10.1. The number of nitrogens with two attached hydrogens (primary N) is 1. The molecule has 0 aliphatic rings. The Kier molecular flexibility index (Phi) is 4.59. The first kappa shape index (κ1) is 15.1. The molecule has 2 rings (SSSR count). The van der Waals surface area contributed by atoms with Crippen LogP contribution in [0.25, 0.3) is 0 Å². The molecule has 1 amide bonds.